The summed E-state index contributed by atoms with van der Waals surface area (Å²) in [5.74, 6) is 0.121. The lowest BCUT2D eigenvalue weighted by Crippen LogP contribution is -1.97. The van der Waals surface area contributed by atoms with Gasteiger partial charge in [0.05, 0.1) is 18.2 Å². The third-order valence-corrected chi connectivity index (χ3v) is 2.13. The minimum atomic E-state index is -0.437. The first-order valence-corrected chi connectivity index (χ1v) is 4.64. The molecule has 0 atom stereocenters. The van der Waals surface area contributed by atoms with E-state index in [2.05, 4.69) is 15.9 Å². The number of rotatable bonds is 3. The van der Waals surface area contributed by atoms with Crippen molar-refractivity contribution in [2.45, 2.75) is 6.92 Å². The fourth-order valence-electron chi connectivity index (χ4n) is 0.974. The molecule has 1 rings (SSSR count). The van der Waals surface area contributed by atoms with E-state index in [1.165, 1.54) is 7.11 Å². The molecule has 0 unspecified atom stereocenters. The standard InChI is InChI=1S/C9H10BrFO2/c1-3-13-7-5-4-6(10)8(11)9(7)12-2/h4-5H,3H2,1-2H3. The Kier molecular flexibility index (Phi) is 3.54. The van der Waals surface area contributed by atoms with E-state index in [1.807, 2.05) is 6.92 Å². The molecule has 0 aliphatic carbocycles. The zero-order valence-corrected chi connectivity index (χ0v) is 9.02. The van der Waals surface area contributed by atoms with Crippen LogP contribution in [0.5, 0.6) is 11.5 Å². The van der Waals surface area contributed by atoms with Crippen molar-refractivity contribution in [1.29, 1.82) is 0 Å². The Balaban J connectivity index is 3.13. The summed E-state index contributed by atoms with van der Waals surface area (Å²) in [5.41, 5.74) is 0. The summed E-state index contributed by atoms with van der Waals surface area (Å²) < 4.78 is 23.8. The molecule has 4 heteroatoms. The van der Waals surface area contributed by atoms with Gasteiger partial charge in [0.2, 0.25) is 0 Å². The van der Waals surface area contributed by atoms with Crippen molar-refractivity contribution < 1.29 is 13.9 Å². The third kappa shape index (κ3) is 2.12. The predicted octanol–water partition coefficient (Wildman–Crippen LogP) is 3.00. The van der Waals surface area contributed by atoms with E-state index >= 15 is 0 Å². The first kappa shape index (κ1) is 10.3. The molecule has 1 aromatic rings. The first-order valence-electron chi connectivity index (χ1n) is 3.85. The second-order valence-corrected chi connectivity index (χ2v) is 3.18. The van der Waals surface area contributed by atoms with E-state index < -0.39 is 5.82 Å². The van der Waals surface area contributed by atoms with Gasteiger partial charge in [0.15, 0.2) is 17.3 Å². The zero-order chi connectivity index (χ0) is 9.84. The van der Waals surface area contributed by atoms with Gasteiger partial charge in [0.25, 0.3) is 0 Å². The van der Waals surface area contributed by atoms with Crippen LogP contribution in [0.4, 0.5) is 4.39 Å². The summed E-state index contributed by atoms with van der Waals surface area (Å²) in [6.07, 6.45) is 0. The molecule has 0 spiro atoms. The van der Waals surface area contributed by atoms with Crippen LogP contribution in [0.1, 0.15) is 6.92 Å². The molecule has 0 aliphatic heterocycles. The van der Waals surface area contributed by atoms with Crippen LogP contribution in [0.3, 0.4) is 0 Å². The number of hydrogen-bond acceptors (Lipinski definition) is 2. The molecule has 2 nitrogen and oxygen atoms in total. The molecule has 0 aromatic heterocycles. The Morgan fingerprint density at radius 3 is 2.69 bits per heavy atom. The van der Waals surface area contributed by atoms with Gasteiger partial charge >= 0.3 is 0 Å². The molecule has 0 amide bonds. The van der Waals surface area contributed by atoms with Crippen LogP contribution in [-0.4, -0.2) is 13.7 Å². The highest BCUT2D eigenvalue weighted by molar-refractivity contribution is 9.10. The molecule has 0 saturated heterocycles. The zero-order valence-electron chi connectivity index (χ0n) is 7.43. The van der Waals surface area contributed by atoms with E-state index in [9.17, 15) is 4.39 Å². The van der Waals surface area contributed by atoms with Crippen molar-refractivity contribution in [3.05, 3.63) is 22.4 Å². The number of halogens is 2. The molecule has 13 heavy (non-hydrogen) atoms. The van der Waals surface area contributed by atoms with E-state index in [0.717, 1.165) is 0 Å². The maximum atomic E-state index is 13.3. The van der Waals surface area contributed by atoms with Crippen LogP contribution in [0.25, 0.3) is 0 Å². The van der Waals surface area contributed by atoms with Gasteiger partial charge in [-0.3, -0.25) is 0 Å². The second-order valence-electron chi connectivity index (χ2n) is 2.33. The quantitative estimate of drug-likeness (QED) is 0.819. The lowest BCUT2D eigenvalue weighted by molar-refractivity contribution is 0.301. The van der Waals surface area contributed by atoms with Gasteiger partial charge in [0, 0.05) is 0 Å². The van der Waals surface area contributed by atoms with Crippen LogP contribution in [0.15, 0.2) is 16.6 Å². The van der Waals surface area contributed by atoms with Crippen molar-refractivity contribution >= 4 is 15.9 Å². The van der Waals surface area contributed by atoms with Crippen molar-refractivity contribution in [2.75, 3.05) is 13.7 Å². The van der Waals surface area contributed by atoms with Gasteiger partial charge < -0.3 is 9.47 Å². The number of benzene rings is 1. The smallest absolute Gasteiger partial charge is 0.197 e. The van der Waals surface area contributed by atoms with Crippen molar-refractivity contribution in [3.8, 4) is 11.5 Å². The lowest BCUT2D eigenvalue weighted by atomic mass is 10.3. The lowest BCUT2D eigenvalue weighted by Gasteiger charge is -2.10. The minimum absolute atomic E-state index is 0.135. The Hall–Kier alpha value is -0.770. The molecule has 0 bridgehead atoms. The normalized spacial score (nSPS) is 9.85. The van der Waals surface area contributed by atoms with Crippen molar-refractivity contribution in [2.24, 2.45) is 0 Å². The molecule has 0 fully saturated rings. The highest BCUT2D eigenvalue weighted by Crippen LogP contribution is 2.34. The van der Waals surface area contributed by atoms with Crippen LogP contribution < -0.4 is 9.47 Å². The molecule has 0 saturated carbocycles. The van der Waals surface area contributed by atoms with Gasteiger partial charge in [0.1, 0.15) is 0 Å². The van der Waals surface area contributed by atoms with Gasteiger partial charge in [-0.1, -0.05) is 0 Å². The largest absolute Gasteiger partial charge is 0.490 e. The summed E-state index contributed by atoms with van der Waals surface area (Å²) >= 11 is 3.06. The Morgan fingerprint density at radius 2 is 2.15 bits per heavy atom. The van der Waals surface area contributed by atoms with E-state index in [4.69, 9.17) is 9.47 Å². The number of ether oxygens (including phenoxy) is 2. The fraction of sp³-hybridized carbons (Fsp3) is 0.333. The van der Waals surface area contributed by atoms with Crippen LogP contribution in [0.2, 0.25) is 0 Å². The van der Waals surface area contributed by atoms with Gasteiger partial charge in [-0.25, -0.2) is 4.39 Å². The molecule has 72 valence electrons. The predicted molar refractivity (Wildman–Crippen MR) is 51.8 cm³/mol. The highest BCUT2D eigenvalue weighted by atomic mass is 79.9. The molecular formula is C9H10BrFO2. The number of methoxy groups -OCH3 is 1. The maximum absolute atomic E-state index is 13.3. The van der Waals surface area contributed by atoms with Crippen LogP contribution >= 0.6 is 15.9 Å². The van der Waals surface area contributed by atoms with E-state index in [-0.39, 0.29) is 5.75 Å². The molecular weight excluding hydrogens is 239 g/mol. The summed E-state index contributed by atoms with van der Waals surface area (Å²) in [6.45, 7) is 2.32. The average molecular weight is 249 g/mol. The van der Waals surface area contributed by atoms with Gasteiger partial charge in [-0.05, 0) is 35.0 Å². The monoisotopic (exact) mass is 248 g/mol. The summed E-state index contributed by atoms with van der Waals surface area (Å²) in [5, 5.41) is 0. The van der Waals surface area contributed by atoms with E-state index in [0.29, 0.717) is 16.8 Å². The summed E-state index contributed by atoms with van der Waals surface area (Å²) in [4.78, 5) is 0. The minimum Gasteiger partial charge on any atom is -0.490 e. The molecule has 0 N–H and O–H groups in total. The molecule has 0 aliphatic rings. The molecule has 0 heterocycles. The van der Waals surface area contributed by atoms with Gasteiger partial charge in [-0.2, -0.15) is 0 Å². The first-order chi connectivity index (χ1) is 6.20. The Morgan fingerprint density at radius 1 is 1.46 bits per heavy atom. The van der Waals surface area contributed by atoms with Crippen molar-refractivity contribution in [1.82, 2.24) is 0 Å². The second kappa shape index (κ2) is 4.46. The van der Waals surface area contributed by atoms with Crippen LogP contribution in [0, 0.1) is 5.82 Å². The number of hydrogen-bond donors (Lipinski definition) is 0. The third-order valence-electron chi connectivity index (χ3n) is 1.52. The molecule has 1 aromatic carbocycles. The Bertz CT molecular complexity index is 302. The topological polar surface area (TPSA) is 18.5 Å². The fourth-order valence-corrected chi connectivity index (χ4v) is 1.29. The average Bonchev–Trinajstić information content (AvgIpc) is 2.12. The summed E-state index contributed by atoms with van der Waals surface area (Å²) in [7, 11) is 1.41. The summed E-state index contributed by atoms with van der Waals surface area (Å²) in [6, 6.07) is 3.25. The van der Waals surface area contributed by atoms with Crippen molar-refractivity contribution in [3.63, 3.8) is 0 Å². The van der Waals surface area contributed by atoms with E-state index in [1.54, 1.807) is 12.1 Å². The Labute approximate surface area is 84.8 Å². The maximum Gasteiger partial charge on any atom is 0.197 e. The SMILES string of the molecule is CCOc1ccc(Br)c(F)c1OC. The van der Waals surface area contributed by atoms with Crippen LogP contribution in [-0.2, 0) is 0 Å². The van der Waals surface area contributed by atoms with Gasteiger partial charge in [-0.15, -0.1) is 0 Å². The highest BCUT2D eigenvalue weighted by Gasteiger charge is 2.12. The molecule has 0 radical (unpaired) electrons.